The van der Waals surface area contributed by atoms with Crippen LogP contribution in [-0.2, 0) is 11.2 Å². The predicted octanol–water partition coefficient (Wildman–Crippen LogP) is 2.17. The van der Waals surface area contributed by atoms with Gasteiger partial charge < -0.3 is 10.1 Å². The molecule has 0 aromatic carbocycles. The monoisotopic (exact) mass is 278 g/mol. The van der Waals surface area contributed by atoms with Crippen LogP contribution in [0.15, 0.2) is 0 Å². The number of nitrogens with one attached hydrogen (secondary N) is 1. The second kappa shape index (κ2) is 6.50. The van der Waals surface area contributed by atoms with E-state index in [0.717, 1.165) is 49.0 Å². The molecule has 1 N–H and O–H groups in total. The predicted molar refractivity (Wildman–Crippen MR) is 81.1 cm³/mol. The van der Waals surface area contributed by atoms with Crippen LogP contribution in [-0.4, -0.2) is 47.7 Å². The molecule has 1 aliphatic heterocycles. The van der Waals surface area contributed by atoms with Gasteiger partial charge >= 0.3 is 0 Å². The van der Waals surface area contributed by atoms with Crippen LogP contribution in [0.1, 0.15) is 44.0 Å². The maximum absolute atomic E-state index is 5.89. The van der Waals surface area contributed by atoms with E-state index in [9.17, 15) is 0 Å². The van der Waals surface area contributed by atoms with Gasteiger partial charge in [0.15, 0.2) is 5.82 Å². The average Bonchev–Trinajstić information content (AvgIpc) is 2.47. The van der Waals surface area contributed by atoms with Crippen LogP contribution in [0.3, 0.4) is 0 Å². The Hall–Kier alpha value is -1.20. The number of aromatic nitrogens is 2. The van der Waals surface area contributed by atoms with E-state index in [0.29, 0.717) is 6.04 Å². The summed E-state index contributed by atoms with van der Waals surface area (Å²) in [7, 11) is 1.90. The minimum atomic E-state index is -0.0239. The van der Waals surface area contributed by atoms with Gasteiger partial charge in [-0.05, 0) is 27.2 Å². The smallest absolute Gasteiger partial charge is 0.161 e. The van der Waals surface area contributed by atoms with Crippen molar-refractivity contribution in [2.75, 3.05) is 32.1 Å². The van der Waals surface area contributed by atoms with Crippen molar-refractivity contribution in [2.45, 2.75) is 46.3 Å². The maximum Gasteiger partial charge on any atom is 0.161 e. The third-order valence-electron chi connectivity index (χ3n) is 3.95. The molecule has 112 valence electrons. The molecule has 1 atom stereocenters. The van der Waals surface area contributed by atoms with Crippen LogP contribution in [0.5, 0.6) is 0 Å². The van der Waals surface area contributed by atoms with Crippen LogP contribution in [0.25, 0.3) is 0 Å². The Bertz CT molecular complexity index is 436. The third-order valence-corrected chi connectivity index (χ3v) is 3.95. The molecule has 1 fully saturated rings. The van der Waals surface area contributed by atoms with Crippen molar-refractivity contribution < 1.29 is 4.74 Å². The number of hydrogen-bond acceptors (Lipinski definition) is 5. The normalized spacial score (nSPS) is 20.4. The first kappa shape index (κ1) is 15.2. The molecular weight excluding hydrogens is 252 g/mol. The fraction of sp³-hybridized carbons (Fsp3) is 0.733. The lowest BCUT2D eigenvalue weighted by atomic mass is 10.1. The van der Waals surface area contributed by atoms with Gasteiger partial charge in [0.25, 0.3) is 0 Å². The second-order valence-electron chi connectivity index (χ2n) is 5.55. The molecule has 0 saturated carbocycles. The molecule has 0 amide bonds. The zero-order valence-electron chi connectivity index (χ0n) is 13.2. The molecule has 2 rings (SSSR count). The lowest BCUT2D eigenvalue weighted by Gasteiger charge is -2.35. The fourth-order valence-corrected chi connectivity index (χ4v) is 2.61. The number of hydrogen-bond donors (Lipinski definition) is 1. The zero-order chi connectivity index (χ0) is 14.7. The lowest BCUT2D eigenvalue weighted by molar-refractivity contribution is -0.0443. The summed E-state index contributed by atoms with van der Waals surface area (Å²) in [6.45, 7) is 11.2. The van der Waals surface area contributed by atoms with Crippen LogP contribution in [0.2, 0.25) is 0 Å². The summed E-state index contributed by atoms with van der Waals surface area (Å²) in [6, 6.07) is 0.529. The van der Waals surface area contributed by atoms with Gasteiger partial charge in [-0.25, -0.2) is 9.97 Å². The number of rotatable bonds is 4. The highest BCUT2D eigenvalue weighted by Gasteiger charge is 2.26. The highest BCUT2D eigenvalue weighted by atomic mass is 16.5. The van der Waals surface area contributed by atoms with Crippen molar-refractivity contribution >= 4 is 5.82 Å². The number of morpholine rings is 1. The van der Waals surface area contributed by atoms with Gasteiger partial charge in [0.05, 0.1) is 6.61 Å². The maximum atomic E-state index is 5.89. The molecule has 2 heterocycles. The Morgan fingerprint density at radius 1 is 1.40 bits per heavy atom. The van der Waals surface area contributed by atoms with E-state index in [-0.39, 0.29) is 6.10 Å². The van der Waals surface area contributed by atoms with Crippen molar-refractivity contribution in [1.29, 1.82) is 0 Å². The minimum Gasteiger partial charge on any atom is -0.373 e. The SMILES string of the molecule is CCc1nc(C2CN(C(C)C)CCO2)nc(NC)c1C. The van der Waals surface area contributed by atoms with E-state index in [1.807, 2.05) is 7.05 Å². The summed E-state index contributed by atoms with van der Waals surface area (Å²) in [5, 5.41) is 3.16. The fourth-order valence-electron chi connectivity index (χ4n) is 2.61. The van der Waals surface area contributed by atoms with E-state index in [4.69, 9.17) is 9.72 Å². The van der Waals surface area contributed by atoms with Crippen molar-refractivity contribution in [3.8, 4) is 0 Å². The highest BCUT2D eigenvalue weighted by molar-refractivity contribution is 5.45. The van der Waals surface area contributed by atoms with E-state index in [2.05, 4.69) is 42.9 Å². The molecule has 5 nitrogen and oxygen atoms in total. The summed E-state index contributed by atoms with van der Waals surface area (Å²) in [6.07, 6.45) is 0.889. The van der Waals surface area contributed by atoms with Crippen molar-refractivity contribution in [3.63, 3.8) is 0 Å². The summed E-state index contributed by atoms with van der Waals surface area (Å²) < 4.78 is 5.89. The quantitative estimate of drug-likeness (QED) is 0.914. The van der Waals surface area contributed by atoms with E-state index in [1.54, 1.807) is 0 Å². The lowest BCUT2D eigenvalue weighted by Crippen LogP contribution is -2.42. The Labute approximate surface area is 121 Å². The topological polar surface area (TPSA) is 50.3 Å². The molecule has 20 heavy (non-hydrogen) atoms. The minimum absolute atomic E-state index is 0.0239. The standard InChI is InChI=1S/C15H26N4O/c1-6-12-11(4)14(16-5)18-15(17-12)13-9-19(10(2)3)7-8-20-13/h10,13H,6-9H2,1-5H3,(H,16,17,18). The van der Waals surface area contributed by atoms with Gasteiger partial charge in [-0.3, -0.25) is 4.90 Å². The molecule has 1 saturated heterocycles. The Balaban J connectivity index is 2.27. The van der Waals surface area contributed by atoms with E-state index < -0.39 is 0 Å². The first-order chi connectivity index (χ1) is 9.56. The van der Waals surface area contributed by atoms with E-state index in [1.165, 1.54) is 0 Å². The van der Waals surface area contributed by atoms with Crippen LogP contribution < -0.4 is 5.32 Å². The first-order valence-electron chi connectivity index (χ1n) is 7.47. The van der Waals surface area contributed by atoms with Gasteiger partial charge in [0.2, 0.25) is 0 Å². The number of anilines is 1. The first-order valence-corrected chi connectivity index (χ1v) is 7.47. The molecular formula is C15H26N4O. The van der Waals surface area contributed by atoms with Gasteiger partial charge in [-0.2, -0.15) is 0 Å². The molecule has 0 spiro atoms. The summed E-state index contributed by atoms with van der Waals surface area (Å²) in [5.41, 5.74) is 2.24. The summed E-state index contributed by atoms with van der Waals surface area (Å²) >= 11 is 0. The number of nitrogens with zero attached hydrogens (tertiary/aromatic N) is 3. The molecule has 1 aliphatic rings. The number of aryl methyl sites for hydroxylation is 1. The van der Waals surface area contributed by atoms with Gasteiger partial charge in [-0.15, -0.1) is 0 Å². The van der Waals surface area contributed by atoms with Gasteiger partial charge in [0.1, 0.15) is 11.9 Å². The molecule has 1 unspecified atom stereocenters. The average molecular weight is 278 g/mol. The van der Waals surface area contributed by atoms with Crippen LogP contribution in [0.4, 0.5) is 5.82 Å². The molecule has 0 bridgehead atoms. The number of ether oxygens (including phenoxy) is 1. The summed E-state index contributed by atoms with van der Waals surface area (Å²) in [4.78, 5) is 11.8. The molecule has 1 aromatic rings. The zero-order valence-corrected chi connectivity index (χ0v) is 13.2. The molecule has 0 radical (unpaired) electrons. The van der Waals surface area contributed by atoms with Crippen molar-refractivity contribution in [1.82, 2.24) is 14.9 Å². The molecule has 1 aromatic heterocycles. The third kappa shape index (κ3) is 3.10. The van der Waals surface area contributed by atoms with Crippen LogP contribution >= 0.6 is 0 Å². The van der Waals surface area contributed by atoms with E-state index >= 15 is 0 Å². The largest absolute Gasteiger partial charge is 0.373 e. The Morgan fingerprint density at radius 3 is 2.75 bits per heavy atom. The highest BCUT2D eigenvalue weighted by Crippen LogP contribution is 2.24. The van der Waals surface area contributed by atoms with Crippen molar-refractivity contribution in [2.24, 2.45) is 0 Å². The molecule has 0 aliphatic carbocycles. The summed E-state index contributed by atoms with van der Waals surface area (Å²) in [5.74, 6) is 1.72. The Kier molecular flexibility index (Phi) is 4.94. The Morgan fingerprint density at radius 2 is 2.15 bits per heavy atom. The van der Waals surface area contributed by atoms with Gasteiger partial charge in [0, 0.05) is 37.4 Å². The van der Waals surface area contributed by atoms with Crippen LogP contribution in [0, 0.1) is 6.92 Å². The second-order valence-corrected chi connectivity index (χ2v) is 5.55. The molecule has 5 heteroatoms. The van der Waals surface area contributed by atoms with Crippen molar-refractivity contribution in [3.05, 3.63) is 17.1 Å². The van der Waals surface area contributed by atoms with Gasteiger partial charge in [-0.1, -0.05) is 6.92 Å².